The molecule has 1 amide bonds. The van der Waals surface area contributed by atoms with Crippen LogP contribution in [-0.2, 0) is 6.42 Å². The summed E-state index contributed by atoms with van der Waals surface area (Å²) in [5.41, 5.74) is 3.10. The van der Waals surface area contributed by atoms with E-state index >= 15 is 0 Å². The first-order chi connectivity index (χ1) is 11.2. The SMILES string of the molecule is COc1cc(OC)cc(C(=O)NC2CCCc3ccccc32)c1. The van der Waals surface area contributed by atoms with E-state index in [-0.39, 0.29) is 11.9 Å². The molecule has 0 fully saturated rings. The average molecular weight is 311 g/mol. The summed E-state index contributed by atoms with van der Waals surface area (Å²) in [7, 11) is 3.15. The molecule has 1 aliphatic rings. The molecule has 4 nitrogen and oxygen atoms in total. The predicted octanol–water partition coefficient (Wildman–Crippen LogP) is 3.51. The van der Waals surface area contributed by atoms with Gasteiger partial charge in [0.1, 0.15) is 11.5 Å². The van der Waals surface area contributed by atoms with Crippen LogP contribution in [0.15, 0.2) is 42.5 Å². The van der Waals surface area contributed by atoms with Gasteiger partial charge in [-0.25, -0.2) is 0 Å². The molecule has 23 heavy (non-hydrogen) atoms. The largest absolute Gasteiger partial charge is 0.497 e. The van der Waals surface area contributed by atoms with Crippen molar-refractivity contribution >= 4 is 5.91 Å². The molecule has 1 unspecified atom stereocenters. The van der Waals surface area contributed by atoms with Crippen molar-refractivity contribution in [3.63, 3.8) is 0 Å². The second kappa shape index (κ2) is 6.73. The Labute approximate surface area is 136 Å². The highest BCUT2D eigenvalue weighted by Crippen LogP contribution is 2.30. The predicted molar refractivity (Wildman–Crippen MR) is 89.1 cm³/mol. The summed E-state index contributed by atoms with van der Waals surface area (Å²) in [6, 6.07) is 13.6. The molecule has 0 heterocycles. The summed E-state index contributed by atoms with van der Waals surface area (Å²) in [5.74, 6) is 1.11. The van der Waals surface area contributed by atoms with Gasteiger partial charge in [-0.15, -0.1) is 0 Å². The highest BCUT2D eigenvalue weighted by molar-refractivity contribution is 5.95. The molecule has 0 bridgehead atoms. The second-order valence-electron chi connectivity index (χ2n) is 5.72. The summed E-state index contributed by atoms with van der Waals surface area (Å²) < 4.78 is 10.5. The van der Waals surface area contributed by atoms with Crippen LogP contribution in [0.25, 0.3) is 0 Å². The number of fused-ring (bicyclic) bond motifs is 1. The fourth-order valence-electron chi connectivity index (χ4n) is 3.08. The quantitative estimate of drug-likeness (QED) is 0.940. The maximum absolute atomic E-state index is 12.6. The monoisotopic (exact) mass is 311 g/mol. The molecule has 0 spiro atoms. The number of benzene rings is 2. The zero-order chi connectivity index (χ0) is 16.2. The Kier molecular flexibility index (Phi) is 4.51. The highest BCUT2D eigenvalue weighted by Gasteiger charge is 2.22. The van der Waals surface area contributed by atoms with Crippen LogP contribution >= 0.6 is 0 Å². The molecular weight excluding hydrogens is 290 g/mol. The van der Waals surface area contributed by atoms with Gasteiger partial charge >= 0.3 is 0 Å². The smallest absolute Gasteiger partial charge is 0.252 e. The van der Waals surface area contributed by atoms with Gasteiger partial charge in [0.15, 0.2) is 0 Å². The van der Waals surface area contributed by atoms with Crippen molar-refractivity contribution in [2.24, 2.45) is 0 Å². The van der Waals surface area contributed by atoms with E-state index in [1.807, 2.05) is 6.07 Å². The number of amides is 1. The number of aryl methyl sites for hydroxylation is 1. The normalized spacial score (nSPS) is 16.3. The van der Waals surface area contributed by atoms with E-state index in [1.54, 1.807) is 32.4 Å². The van der Waals surface area contributed by atoms with Crippen LogP contribution in [0, 0.1) is 0 Å². The lowest BCUT2D eigenvalue weighted by molar-refractivity contribution is 0.0932. The number of hydrogen-bond acceptors (Lipinski definition) is 3. The minimum Gasteiger partial charge on any atom is -0.497 e. The van der Waals surface area contributed by atoms with Crippen molar-refractivity contribution in [3.05, 3.63) is 59.2 Å². The third-order valence-corrected chi connectivity index (χ3v) is 4.29. The Hall–Kier alpha value is -2.49. The van der Waals surface area contributed by atoms with Crippen LogP contribution in [0.1, 0.15) is 40.4 Å². The zero-order valence-corrected chi connectivity index (χ0v) is 13.5. The van der Waals surface area contributed by atoms with E-state index in [4.69, 9.17) is 9.47 Å². The van der Waals surface area contributed by atoms with E-state index in [0.29, 0.717) is 17.1 Å². The molecule has 0 saturated carbocycles. The van der Waals surface area contributed by atoms with Crippen LogP contribution in [0.2, 0.25) is 0 Å². The molecule has 1 atom stereocenters. The molecule has 2 aromatic carbocycles. The van der Waals surface area contributed by atoms with Crippen LogP contribution in [0.4, 0.5) is 0 Å². The van der Waals surface area contributed by atoms with E-state index in [2.05, 4.69) is 23.5 Å². The number of carbonyl (C=O) groups is 1. The Morgan fingerprint density at radius 3 is 2.48 bits per heavy atom. The molecule has 0 radical (unpaired) electrons. The lowest BCUT2D eigenvalue weighted by Crippen LogP contribution is -2.31. The van der Waals surface area contributed by atoms with Gasteiger partial charge in [-0.05, 0) is 42.5 Å². The summed E-state index contributed by atoms with van der Waals surface area (Å²) >= 11 is 0. The Morgan fingerprint density at radius 1 is 1.09 bits per heavy atom. The maximum Gasteiger partial charge on any atom is 0.252 e. The van der Waals surface area contributed by atoms with Gasteiger partial charge in [-0.3, -0.25) is 4.79 Å². The molecule has 1 N–H and O–H groups in total. The van der Waals surface area contributed by atoms with Gasteiger partial charge in [0.2, 0.25) is 0 Å². The summed E-state index contributed by atoms with van der Waals surface area (Å²) in [6.07, 6.45) is 3.13. The van der Waals surface area contributed by atoms with Crippen molar-refractivity contribution in [2.75, 3.05) is 14.2 Å². The Bertz CT molecular complexity index is 689. The van der Waals surface area contributed by atoms with E-state index in [0.717, 1.165) is 19.3 Å². The maximum atomic E-state index is 12.6. The minimum absolute atomic E-state index is 0.0599. The van der Waals surface area contributed by atoms with Gasteiger partial charge in [-0.1, -0.05) is 24.3 Å². The molecular formula is C19H21NO3. The number of carbonyl (C=O) groups excluding carboxylic acids is 1. The molecule has 120 valence electrons. The standard InChI is InChI=1S/C19H21NO3/c1-22-15-10-14(11-16(12-15)23-2)19(21)20-18-9-5-7-13-6-3-4-8-17(13)18/h3-4,6,8,10-12,18H,5,7,9H2,1-2H3,(H,20,21). The van der Waals surface area contributed by atoms with Gasteiger partial charge in [0.25, 0.3) is 5.91 Å². The van der Waals surface area contributed by atoms with E-state index in [9.17, 15) is 4.79 Å². The Balaban J connectivity index is 1.83. The average Bonchev–Trinajstić information content (AvgIpc) is 2.61. The summed E-state index contributed by atoms with van der Waals surface area (Å²) in [6.45, 7) is 0. The third kappa shape index (κ3) is 3.31. The number of hydrogen-bond donors (Lipinski definition) is 1. The lowest BCUT2D eigenvalue weighted by Gasteiger charge is -2.26. The van der Waals surface area contributed by atoms with Crippen LogP contribution in [0.3, 0.4) is 0 Å². The lowest BCUT2D eigenvalue weighted by atomic mass is 9.87. The van der Waals surface area contributed by atoms with E-state index < -0.39 is 0 Å². The molecule has 0 aromatic heterocycles. The number of rotatable bonds is 4. The van der Waals surface area contributed by atoms with Crippen LogP contribution in [-0.4, -0.2) is 20.1 Å². The molecule has 0 aliphatic heterocycles. The van der Waals surface area contributed by atoms with Gasteiger partial charge in [0.05, 0.1) is 20.3 Å². The van der Waals surface area contributed by atoms with Crippen molar-refractivity contribution in [1.82, 2.24) is 5.32 Å². The van der Waals surface area contributed by atoms with Gasteiger partial charge in [-0.2, -0.15) is 0 Å². The first kappa shape index (κ1) is 15.4. The Morgan fingerprint density at radius 2 is 1.78 bits per heavy atom. The zero-order valence-electron chi connectivity index (χ0n) is 13.5. The summed E-state index contributed by atoms with van der Waals surface area (Å²) in [4.78, 5) is 12.6. The third-order valence-electron chi connectivity index (χ3n) is 4.29. The molecule has 0 saturated heterocycles. The minimum atomic E-state index is -0.107. The first-order valence-corrected chi connectivity index (χ1v) is 7.83. The van der Waals surface area contributed by atoms with Crippen molar-refractivity contribution in [2.45, 2.75) is 25.3 Å². The molecule has 1 aliphatic carbocycles. The molecule has 4 heteroatoms. The first-order valence-electron chi connectivity index (χ1n) is 7.83. The van der Waals surface area contributed by atoms with Crippen LogP contribution in [0.5, 0.6) is 11.5 Å². The highest BCUT2D eigenvalue weighted by atomic mass is 16.5. The molecule has 2 aromatic rings. The van der Waals surface area contributed by atoms with Gasteiger partial charge in [0, 0.05) is 11.6 Å². The fourth-order valence-corrected chi connectivity index (χ4v) is 3.08. The number of ether oxygens (including phenoxy) is 2. The fraction of sp³-hybridized carbons (Fsp3) is 0.316. The second-order valence-corrected chi connectivity index (χ2v) is 5.72. The molecule has 3 rings (SSSR count). The van der Waals surface area contributed by atoms with Crippen molar-refractivity contribution in [3.8, 4) is 11.5 Å². The van der Waals surface area contributed by atoms with Crippen molar-refractivity contribution < 1.29 is 14.3 Å². The van der Waals surface area contributed by atoms with Crippen molar-refractivity contribution in [1.29, 1.82) is 0 Å². The van der Waals surface area contributed by atoms with Gasteiger partial charge < -0.3 is 14.8 Å². The number of nitrogens with one attached hydrogen (secondary N) is 1. The topological polar surface area (TPSA) is 47.6 Å². The summed E-state index contributed by atoms with van der Waals surface area (Å²) in [5, 5.41) is 3.14. The van der Waals surface area contributed by atoms with E-state index in [1.165, 1.54) is 11.1 Å². The van der Waals surface area contributed by atoms with Crippen LogP contribution < -0.4 is 14.8 Å². The number of methoxy groups -OCH3 is 2.